The molecule has 0 bridgehead atoms. The smallest absolute Gasteiger partial charge is 0.336 e. The van der Waals surface area contributed by atoms with E-state index in [0.29, 0.717) is 45.9 Å². The number of carboxylic acid groups (broad SMARTS) is 2. The van der Waals surface area contributed by atoms with E-state index < -0.39 is 11.9 Å². The maximum absolute atomic E-state index is 12.1. The summed E-state index contributed by atoms with van der Waals surface area (Å²) in [7, 11) is 0. The van der Waals surface area contributed by atoms with Crippen LogP contribution in [0.25, 0.3) is 43.1 Å². The molecule has 0 fully saturated rings. The molecular formula is C22H6Br2Cl4O4. The summed E-state index contributed by atoms with van der Waals surface area (Å²) in [6.45, 7) is 0. The Kier molecular flexibility index (Phi) is 5.21. The van der Waals surface area contributed by atoms with Gasteiger partial charge in [-0.1, -0.05) is 78.3 Å². The monoisotopic (exact) mass is 632 g/mol. The van der Waals surface area contributed by atoms with E-state index in [1.165, 1.54) is 12.1 Å². The molecule has 0 amide bonds. The van der Waals surface area contributed by atoms with Gasteiger partial charge in [0, 0.05) is 62.1 Å². The minimum Gasteiger partial charge on any atom is -0.478 e. The van der Waals surface area contributed by atoms with Crippen LogP contribution >= 0.6 is 78.3 Å². The van der Waals surface area contributed by atoms with Crippen molar-refractivity contribution >= 4 is 133 Å². The maximum Gasteiger partial charge on any atom is 0.336 e. The van der Waals surface area contributed by atoms with Crippen LogP contribution in [0.3, 0.4) is 0 Å². The van der Waals surface area contributed by atoms with Gasteiger partial charge in [-0.25, -0.2) is 9.59 Å². The lowest BCUT2D eigenvalue weighted by molar-refractivity contribution is 0.0695. The van der Waals surface area contributed by atoms with Crippen LogP contribution in [0, 0.1) is 0 Å². The number of hydrogen-bond acceptors (Lipinski definition) is 2. The van der Waals surface area contributed by atoms with Crippen LogP contribution in [-0.2, 0) is 0 Å². The van der Waals surface area contributed by atoms with Crippen molar-refractivity contribution in [2.24, 2.45) is 0 Å². The Bertz CT molecular complexity index is 1580. The van der Waals surface area contributed by atoms with Crippen LogP contribution in [0.5, 0.6) is 0 Å². The average molecular weight is 636 g/mol. The summed E-state index contributed by atoms with van der Waals surface area (Å²) >= 11 is 33.7. The molecule has 160 valence electrons. The zero-order valence-electron chi connectivity index (χ0n) is 15.3. The zero-order valence-corrected chi connectivity index (χ0v) is 21.5. The molecule has 10 heteroatoms. The van der Waals surface area contributed by atoms with Crippen LogP contribution < -0.4 is 0 Å². The summed E-state index contributed by atoms with van der Waals surface area (Å²) in [5.74, 6) is -2.65. The van der Waals surface area contributed by atoms with Gasteiger partial charge in [0.15, 0.2) is 0 Å². The molecule has 5 aromatic carbocycles. The summed E-state index contributed by atoms with van der Waals surface area (Å²) in [6, 6.07) is 5.87. The topological polar surface area (TPSA) is 74.6 Å². The van der Waals surface area contributed by atoms with Crippen molar-refractivity contribution in [1.29, 1.82) is 0 Å². The summed E-state index contributed by atoms with van der Waals surface area (Å²) in [5, 5.41) is 24.1. The quantitative estimate of drug-likeness (QED) is 0.150. The number of aromatic carboxylic acids is 2. The molecule has 0 atom stereocenters. The number of rotatable bonds is 2. The molecule has 0 unspecified atom stereocenters. The van der Waals surface area contributed by atoms with Crippen LogP contribution in [0.1, 0.15) is 20.7 Å². The Labute approximate surface area is 216 Å². The normalized spacial score (nSPS) is 11.9. The second-order valence-corrected chi connectivity index (χ2v) is 10.4. The molecular weight excluding hydrogens is 630 g/mol. The highest BCUT2D eigenvalue weighted by Gasteiger charge is 2.28. The molecule has 0 aliphatic heterocycles. The largest absolute Gasteiger partial charge is 0.478 e. The van der Waals surface area contributed by atoms with E-state index in [9.17, 15) is 19.8 Å². The molecule has 0 heterocycles. The molecule has 32 heavy (non-hydrogen) atoms. The van der Waals surface area contributed by atoms with E-state index in [2.05, 4.69) is 31.9 Å². The van der Waals surface area contributed by atoms with Gasteiger partial charge in [0.1, 0.15) is 0 Å². The van der Waals surface area contributed by atoms with Gasteiger partial charge in [-0.15, -0.1) is 0 Å². The van der Waals surface area contributed by atoms with Crippen molar-refractivity contribution in [2.45, 2.75) is 0 Å². The molecule has 0 saturated carbocycles. The molecule has 2 N–H and O–H groups in total. The van der Waals surface area contributed by atoms with Gasteiger partial charge in [0.2, 0.25) is 0 Å². The SMILES string of the molecule is O=C(O)c1cc(Cl)c2c3c(Cl)cc(Br)c4c(Br)cc(Cl)c(c5c(Cl)cc(C(=O)O)c1c25)c43. The number of fused-ring (bicyclic) bond motifs is 2. The van der Waals surface area contributed by atoms with Crippen molar-refractivity contribution in [3.05, 3.63) is 64.4 Å². The number of carbonyl (C=O) groups is 2. The molecule has 0 aliphatic rings. The summed E-state index contributed by atoms with van der Waals surface area (Å²) in [6.07, 6.45) is 0. The van der Waals surface area contributed by atoms with Gasteiger partial charge in [-0.2, -0.15) is 0 Å². The van der Waals surface area contributed by atoms with E-state index in [1.54, 1.807) is 12.1 Å². The Hall–Kier alpha value is -1.54. The average Bonchev–Trinajstić information content (AvgIpc) is 2.69. The fraction of sp³-hybridized carbons (Fsp3) is 0. The molecule has 0 aromatic heterocycles. The highest BCUT2D eigenvalue weighted by Crippen LogP contribution is 2.53. The predicted molar refractivity (Wildman–Crippen MR) is 137 cm³/mol. The van der Waals surface area contributed by atoms with Crippen molar-refractivity contribution in [1.82, 2.24) is 0 Å². The van der Waals surface area contributed by atoms with Gasteiger partial charge in [0.25, 0.3) is 0 Å². The Morgan fingerprint density at radius 2 is 0.844 bits per heavy atom. The molecule has 5 aromatic rings. The minimum absolute atomic E-state index is 0.000529. The lowest BCUT2D eigenvalue weighted by Gasteiger charge is -2.21. The first-order valence-corrected chi connectivity index (χ1v) is 11.9. The van der Waals surface area contributed by atoms with Gasteiger partial charge in [-0.3, -0.25) is 0 Å². The lowest BCUT2D eigenvalue weighted by atomic mass is 9.86. The number of halogens is 6. The van der Waals surface area contributed by atoms with Crippen molar-refractivity contribution < 1.29 is 19.8 Å². The van der Waals surface area contributed by atoms with Gasteiger partial charge < -0.3 is 10.2 Å². The first kappa shape index (κ1) is 22.3. The standard InChI is InChI=1S/C22H6Br2Cl4O4/c23-7-3-11(27)17-15-9(25)1-5(21(29)30)13-6(22(31)32)2-10(26)16(19(13)15)18-12(28)4-8(24)14(7)20(17)18/h1-4H,(H,29,30)(H,31,32). The third-order valence-electron chi connectivity index (χ3n) is 5.48. The zero-order chi connectivity index (χ0) is 23.2. The van der Waals surface area contributed by atoms with Crippen molar-refractivity contribution in [2.75, 3.05) is 0 Å². The first-order chi connectivity index (χ1) is 15.0. The molecule has 0 saturated heterocycles. The van der Waals surface area contributed by atoms with Crippen molar-refractivity contribution in [3.8, 4) is 0 Å². The Morgan fingerprint density at radius 1 is 0.531 bits per heavy atom. The summed E-state index contributed by atoms with van der Waals surface area (Å²) in [5.41, 5.74) is -0.518. The Morgan fingerprint density at radius 3 is 1.19 bits per heavy atom. The second-order valence-electron chi connectivity index (χ2n) is 7.10. The number of hydrogen-bond donors (Lipinski definition) is 2. The van der Waals surface area contributed by atoms with Gasteiger partial charge in [0.05, 0.1) is 21.2 Å². The fourth-order valence-electron chi connectivity index (χ4n) is 4.36. The number of benzene rings is 5. The van der Waals surface area contributed by atoms with Crippen molar-refractivity contribution in [3.63, 3.8) is 0 Å². The van der Waals surface area contributed by atoms with Crippen LogP contribution in [-0.4, -0.2) is 22.2 Å². The third kappa shape index (κ3) is 2.87. The Balaban J connectivity index is 2.34. The van der Waals surface area contributed by atoms with Crippen LogP contribution in [0.15, 0.2) is 33.2 Å². The number of carboxylic acids is 2. The van der Waals surface area contributed by atoms with Crippen LogP contribution in [0.4, 0.5) is 0 Å². The lowest BCUT2D eigenvalue weighted by Crippen LogP contribution is -2.06. The minimum atomic E-state index is -1.33. The fourth-order valence-corrected chi connectivity index (χ4v) is 7.37. The summed E-state index contributed by atoms with van der Waals surface area (Å²) in [4.78, 5) is 24.1. The highest BCUT2D eigenvalue weighted by atomic mass is 79.9. The third-order valence-corrected chi connectivity index (χ3v) is 7.92. The van der Waals surface area contributed by atoms with E-state index in [4.69, 9.17) is 46.4 Å². The molecule has 0 spiro atoms. The first-order valence-electron chi connectivity index (χ1n) is 8.80. The molecule has 0 aliphatic carbocycles. The van der Waals surface area contributed by atoms with E-state index in [-0.39, 0.29) is 31.9 Å². The highest BCUT2D eigenvalue weighted by molar-refractivity contribution is 9.11. The van der Waals surface area contributed by atoms with E-state index in [1.807, 2.05) is 0 Å². The second kappa shape index (κ2) is 7.49. The van der Waals surface area contributed by atoms with Gasteiger partial charge >= 0.3 is 11.9 Å². The molecule has 0 radical (unpaired) electrons. The molecule has 5 rings (SSSR count). The molecule has 4 nitrogen and oxygen atoms in total. The maximum atomic E-state index is 12.1. The predicted octanol–water partition coefficient (Wildman–Crippen LogP) is 9.27. The van der Waals surface area contributed by atoms with E-state index >= 15 is 0 Å². The van der Waals surface area contributed by atoms with Crippen LogP contribution in [0.2, 0.25) is 20.1 Å². The van der Waals surface area contributed by atoms with Gasteiger partial charge in [-0.05, 0) is 24.3 Å². The van der Waals surface area contributed by atoms with E-state index in [0.717, 1.165) is 5.39 Å². The summed E-state index contributed by atoms with van der Waals surface area (Å²) < 4.78 is 1.39.